The van der Waals surface area contributed by atoms with Crippen LogP contribution in [-0.4, -0.2) is 35.5 Å². The molecule has 7 nitrogen and oxygen atoms in total. The fraction of sp³-hybridized carbons (Fsp3) is 0.696. The van der Waals surface area contributed by atoms with E-state index in [9.17, 15) is 14.5 Å². The van der Waals surface area contributed by atoms with E-state index < -0.39 is 13.4 Å². The molecule has 1 rings (SSSR count). The molecule has 1 unspecified atom stereocenters. The predicted octanol–water partition coefficient (Wildman–Crippen LogP) is 5.78. The van der Waals surface area contributed by atoms with Gasteiger partial charge in [-0.2, -0.15) is 0 Å². The van der Waals surface area contributed by atoms with E-state index >= 15 is 0 Å². The molecule has 1 aromatic carbocycles. The third-order valence-electron chi connectivity index (χ3n) is 4.09. The second-order valence-corrected chi connectivity index (χ2v) is 10.7. The number of rotatable bonds is 12. The van der Waals surface area contributed by atoms with Crippen molar-refractivity contribution in [2.45, 2.75) is 98.4 Å². The van der Waals surface area contributed by atoms with E-state index in [1.165, 1.54) is 0 Å². The van der Waals surface area contributed by atoms with Gasteiger partial charge in [0.2, 0.25) is 0 Å². The van der Waals surface area contributed by atoms with Crippen molar-refractivity contribution in [1.29, 1.82) is 0 Å². The van der Waals surface area contributed by atoms with Crippen LogP contribution >= 0.6 is 7.82 Å². The van der Waals surface area contributed by atoms with Crippen molar-refractivity contribution in [2.24, 2.45) is 0 Å². The standard InChI is InChI=1S/C23H39O7P/c1-16(2)28-31(26,29-17(3)4)30-20-13-9-12-19(15-21(25)27-23(6,7)8)22(20)18(5)11-10-14-24/h9,12-13,16-18,24H,10-11,14-15H2,1-8H3. The Bertz CT molecular complexity index is 739. The monoisotopic (exact) mass is 458 g/mol. The van der Waals surface area contributed by atoms with Crippen LogP contribution in [0.25, 0.3) is 0 Å². The lowest BCUT2D eigenvalue weighted by Crippen LogP contribution is -2.25. The van der Waals surface area contributed by atoms with Crippen molar-refractivity contribution >= 4 is 13.8 Å². The summed E-state index contributed by atoms with van der Waals surface area (Å²) < 4.78 is 35.7. The number of aliphatic hydroxyl groups is 1. The maximum absolute atomic E-state index is 13.3. The number of carbonyl (C=O) groups excluding carboxylic acids is 1. The fourth-order valence-electron chi connectivity index (χ4n) is 3.16. The van der Waals surface area contributed by atoms with Gasteiger partial charge in [0.15, 0.2) is 0 Å². The summed E-state index contributed by atoms with van der Waals surface area (Å²) >= 11 is 0. The third-order valence-corrected chi connectivity index (χ3v) is 5.87. The highest BCUT2D eigenvalue weighted by atomic mass is 31.2. The highest BCUT2D eigenvalue weighted by Crippen LogP contribution is 2.53. The van der Waals surface area contributed by atoms with Gasteiger partial charge in [-0.15, -0.1) is 0 Å². The molecule has 0 aliphatic carbocycles. The van der Waals surface area contributed by atoms with E-state index in [0.29, 0.717) is 18.6 Å². The summed E-state index contributed by atoms with van der Waals surface area (Å²) in [5.41, 5.74) is 0.860. The lowest BCUT2D eigenvalue weighted by molar-refractivity contribution is -0.153. The molecule has 0 aliphatic rings. The lowest BCUT2D eigenvalue weighted by Gasteiger charge is -2.26. The summed E-state index contributed by atoms with van der Waals surface area (Å²) in [7, 11) is -3.90. The average Bonchev–Trinajstić information content (AvgIpc) is 2.56. The van der Waals surface area contributed by atoms with Crippen LogP contribution in [0.15, 0.2) is 18.2 Å². The summed E-state index contributed by atoms with van der Waals surface area (Å²) in [6.07, 6.45) is 0.561. The van der Waals surface area contributed by atoms with Crippen LogP contribution in [0.3, 0.4) is 0 Å². The van der Waals surface area contributed by atoms with Gasteiger partial charge in [0.25, 0.3) is 0 Å². The quantitative estimate of drug-likeness (QED) is 0.313. The van der Waals surface area contributed by atoms with Gasteiger partial charge in [-0.05, 0) is 78.9 Å². The maximum atomic E-state index is 13.3. The number of aliphatic hydroxyl groups excluding tert-OH is 1. The molecule has 0 saturated carbocycles. The van der Waals surface area contributed by atoms with E-state index in [4.69, 9.17) is 18.3 Å². The van der Waals surface area contributed by atoms with Crippen LogP contribution in [0.1, 0.15) is 85.3 Å². The molecule has 8 heteroatoms. The first-order chi connectivity index (χ1) is 14.3. The third kappa shape index (κ3) is 10.2. The van der Waals surface area contributed by atoms with Crippen molar-refractivity contribution in [1.82, 2.24) is 0 Å². The highest BCUT2D eigenvalue weighted by molar-refractivity contribution is 7.49. The molecule has 178 valence electrons. The minimum Gasteiger partial charge on any atom is -0.460 e. The number of carbonyl (C=O) groups is 1. The van der Waals surface area contributed by atoms with Gasteiger partial charge in [0, 0.05) is 12.2 Å². The molecule has 1 N–H and O–H groups in total. The van der Waals surface area contributed by atoms with Gasteiger partial charge in [-0.1, -0.05) is 19.1 Å². The topological polar surface area (TPSA) is 91.3 Å². The zero-order valence-corrected chi connectivity index (χ0v) is 21.0. The first kappa shape index (κ1) is 27.6. The molecule has 0 aromatic heterocycles. The Hall–Kier alpha value is -1.40. The van der Waals surface area contributed by atoms with Crippen LogP contribution in [0.4, 0.5) is 0 Å². The molecular formula is C23H39O7P. The molecule has 0 heterocycles. The number of ether oxygens (including phenoxy) is 1. The molecule has 0 amide bonds. The Morgan fingerprint density at radius 3 is 2.13 bits per heavy atom. The Kier molecular flexibility index (Phi) is 10.7. The van der Waals surface area contributed by atoms with Crippen LogP contribution in [0.2, 0.25) is 0 Å². The van der Waals surface area contributed by atoms with Crippen LogP contribution in [-0.2, 0) is 29.6 Å². The first-order valence-electron chi connectivity index (χ1n) is 10.9. The molecule has 31 heavy (non-hydrogen) atoms. The summed E-state index contributed by atoms with van der Waals surface area (Å²) in [6, 6.07) is 5.27. The van der Waals surface area contributed by atoms with E-state index in [1.54, 1.807) is 39.8 Å². The highest BCUT2D eigenvalue weighted by Gasteiger charge is 2.33. The van der Waals surface area contributed by atoms with Crippen LogP contribution < -0.4 is 4.52 Å². The molecule has 0 saturated heterocycles. The van der Waals surface area contributed by atoms with Crippen molar-refractivity contribution in [2.75, 3.05) is 6.61 Å². The van der Waals surface area contributed by atoms with E-state index in [0.717, 1.165) is 11.1 Å². The number of phosphoric acid groups is 1. The largest absolute Gasteiger partial charge is 0.530 e. The fourth-order valence-corrected chi connectivity index (χ4v) is 4.73. The van der Waals surface area contributed by atoms with Gasteiger partial charge in [-0.3, -0.25) is 13.8 Å². The average molecular weight is 459 g/mol. The van der Waals surface area contributed by atoms with Gasteiger partial charge in [-0.25, -0.2) is 4.57 Å². The Morgan fingerprint density at radius 2 is 1.65 bits per heavy atom. The molecule has 1 atom stereocenters. The Labute approximate surface area is 187 Å². The first-order valence-corrected chi connectivity index (χ1v) is 12.3. The Balaban J connectivity index is 3.37. The summed E-state index contributed by atoms with van der Waals surface area (Å²) in [6.45, 7) is 14.5. The minimum atomic E-state index is -3.90. The molecule has 0 aliphatic heterocycles. The Morgan fingerprint density at radius 1 is 1.06 bits per heavy atom. The van der Waals surface area contributed by atoms with Gasteiger partial charge in [0.1, 0.15) is 11.4 Å². The smallest absolute Gasteiger partial charge is 0.460 e. The second kappa shape index (κ2) is 12.0. The normalized spacial score (nSPS) is 13.5. The SMILES string of the molecule is CC(C)OP(=O)(Oc1cccc(CC(=O)OC(C)(C)C)c1C(C)CCCO)OC(C)C. The molecular weight excluding hydrogens is 419 g/mol. The van der Waals surface area contributed by atoms with E-state index in [-0.39, 0.29) is 37.1 Å². The summed E-state index contributed by atoms with van der Waals surface area (Å²) in [5, 5.41) is 9.27. The number of hydrogen-bond acceptors (Lipinski definition) is 7. The number of hydrogen-bond donors (Lipinski definition) is 1. The molecule has 0 radical (unpaired) electrons. The van der Waals surface area contributed by atoms with Gasteiger partial charge >= 0.3 is 13.8 Å². The molecule has 0 fully saturated rings. The van der Waals surface area contributed by atoms with Crippen LogP contribution in [0.5, 0.6) is 5.75 Å². The molecule has 0 spiro atoms. The number of esters is 1. The van der Waals surface area contributed by atoms with Crippen molar-refractivity contribution in [3.05, 3.63) is 29.3 Å². The lowest BCUT2D eigenvalue weighted by atomic mass is 9.90. The molecule has 1 aromatic rings. The zero-order chi connectivity index (χ0) is 23.8. The van der Waals surface area contributed by atoms with Crippen molar-refractivity contribution in [3.63, 3.8) is 0 Å². The van der Waals surface area contributed by atoms with E-state index in [2.05, 4.69) is 0 Å². The summed E-state index contributed by atoms with van der Waals surface area (Å²) in [4.78, 5) is 12.5. The number of phosphoric ester groups is 1. The second-order valence-electron chi connectivity index (χ2n) is 9.21. The van der Waals surface area contributed by atoms with Crippen LogP contribution in [0, 0.1) is 0 Å². The summed E-state index contributed by atoms with van der Waals surface area (Å²) in [5.74, 6) is -0.0798. The zero-order valence-electron chi connectivity index (χ0n) is 20.1. The maximum Gasteiger partial charge on any atom is 0.530 e. The van der Waals surface area contributed by atoms with Crippen molar-refractivity contribution < 1.29 is 32.8 Å². The van der Waals surface area contributed by atoms with E-state index in [1.807, 2.05) is 33.8 Å². The van der Waals surface area contributed by atoms with Gasteiger partial charge in [0.05, 0.1) is 18.6 Å². The van der Waals surface area contributed by atoms with Crippen molar-refractivity contribution in [3.8, 4) is 5.75 Å². The minimum absolute atomic E-state index is 0.0493. The number of benzene rings is 1. The molecule has 0 bridgehead atoms. The van der Waals surface area contributed by atoms with Gasteiger partial charge < -0.3 is 14.4 Å². The predicted molar refractivity (Wildman–Crippen MR) is 121 cm³/mol.